The average Bonchev–Trinajstić information content (AvgIpc) is 3.08. The van der Waals surface area contributed by atoms with Gasteiger partial charge in [-0.25, -0.2) is 9.78 Å². The topological polar surface area (TPSA) is 55.0 Å². The van der Waals surface area contributed by atoms with E-state index in [1.165, 1.54) is 22.3 Å². The SMILES string of the molecule is CCOC(=O)c1csc(Cc2c[nH]c3ccccc23)n1. The van der Waals surface area contributed by atoms with Gasteiger partial charge >= 0.3 is 5.97 Å². The Morgan fingerprint density at radius 2 is 2.25 bits per heavy atom. The van der Waals surface area contributed by atoms with Crippen molar-refractivity contribution in [2.45, 2.75) is 13.3 Å². The third-order valence-electron chi connectivity index (χ3n) is 3.05. The highest BCUT2D eigenvalue weighted by molar-refractivity contribution is 7.09. The number of fused-ring (bicyclic) bond motifs is 1. The van der Waals surface area contributed by atoms with Crippen molar-refractivity contribution >= 4 is 28.2 Å². The quantitative estimate of drug-likeness (QED) is 0.748. The summed E-state index contributed by atoms with van der Waals surface area (Å²) in [4.78, 5) is 19.2. The fraction of sp³-hybridized carbons (Fsp3) is 0.200. The first-order chi connectivity index (χ1) is 9.78. The van der Waals surface area contributed by atoms with E-state index in [1.54, 1.807) is 12.3 Å². The van der Waals surface area contributed by atoms with E-state index in [2.05, 4.69) is 16.0 Å². The number of H-pyrrole nitrogens is 1. The number of hydrogen-bond acceptors (Lipinski definition) is 4. The normalized spacial score (nSPS) is 10.8. The number of nitrogens with zero attached hydrogens (tertiary/aromatic N) is 1. The molecule has 0 aliphatic rings. The lowest BCUT2D eigenvalue weighted by molar-refractivity contribution is 0.0520. The fourth-order valence-electron chi connectivity index (χ4n) is 2.13. The monoisotopic (exact) mass is 286 g/mol. The van der Waals surface area contributed by atoms with Gasteiger partial charge in [-0.05, 0) is 18.6 Å². The van der Waals surface area contributed by atoms with Crippen LogP contribution in [0, 0.1) is 0 Å². The molecule has 0 aliphatic heterocycles. The molecule has 4 nitrogen and oxygen atoms in total. The van der Waals surface area contributed by atoms with Crippen LogP contribution in [0.15, 0.2) is 35.8 Å². The van der Waals surface area contributed by atoms with Gasteiger partial charge < -0.3 is 9.72 Å². The molecule has 102 valence electrons. The first-order valence-corrected chi connectivity index (χ1v) is 7.32. The third kappa shape index (κ3) is 2.44. The van der Waals surface area contributed by atoms with Gasteiger partial charge in [-0.1, -0.05) is 18.2 Å². The summed E-state index contributed by atoms with van der Waals surface area (Å²) < 4.78 is 4.95. The van der Waals surface area contributed by atoms with Crippen molar-refractivity contribution < 1.29 is 9.53 Å². The van der Waals surface area contributed by atoms with Gasteiger partial charge in [0.25, 0.3) is 0 Å². The highest BCUT2D eigenvalue weighted by Crippen LogP contribution is 2.22. The van der Waals surface area contributed by atoms with Crippen LogP contribution in [-0.2, 0) is 11.2 Å². The number of benzene rings is 1. The van der Waals surface area contributed by atoms with E-state index in [0.29, 0.717) is 18.7 Å². The molecule has 0 aliphatic carbocycles. The number of carbonyl (C=O) groups is 1. The van der Waals surface area contributed by atoms with Crippen LogP contribution in [0.25, 0.3) is 10.9 Å². The minimum atomic E-state index is -0.353. The molecule has 0 saturated heterocycles. The second-order valence-corrected chi connectivity index (χ2v) is 5.33. The molecule has 0 radical (unpaired) electrons. The number of carbonyl (C=O) groups excluding carboxylic acids is 1. The Morgan fingerprint density at radius 3 is 3.10 bits per heavy atom. The smallest absolute Gasteiger partial charge is 0.357 e. The summed E-state index contributed by atoms with van der Waals surface area (Å²) in [6.07, 6.45) is 2.71. The lowest BCUT2D eigenvalue weighted by atomic mass is 10.1. The molecule has 20 heavy (non-hydrogen) atoms. The number of aromatic nitrogens is 2. The molecular weight excluding hydrogens is 272 g/mol. The number of ether oxygens (including phenoxy) is 1. The number of hydrogen-bond donors (Lipinski definition) is 1. The van der Waals surface area contributed by atoms with Crippen molar-refractivity contribution in [2.75, 3.05) is 6.61 Å². The van der Waals surface area contributed by atoms with Gasteiger partial charge in [0.2, 0.25) is 0 Å². The summed E-state index contributed by atoms with van der Waals surface area (Å²) in [5.41, 5.74) is 2.70. The Bertz CT molecular complexity index is 745. The Kier molecular flexibility index (Phi) is 3.52. The highest BCUT2D eigenvalue weighted by Gasteiger charge is 2.13. The predicted molar refractivity (Wildman–Crippen MR) is 79.2 cm³/mol. The Morgan fingerprint density at radius 1 is 1.40 bits per heavy atom. The summed E-state index contributed by atoms with van der Waals surface area (Å²) >= 11 is 1.48. The Hall–Kier alpha value is -2.14. The van der Waals surface area contributed by atoms with Gasteiger partial charge in [-0.2, -0.15) is 0 Å². The Balaban J connectivity index is 1.83. The number of thiazole rings is 1. The van der Waals surface area contributed by atoms with Crippen molar-refractivity contribution in [3.63, 3.8) is 0 Å². The minimum Gasteiger partial charge on any atom is -0.461 e. The van der Waals surface area contributed by atoms with Crippen LogP contribution in [0.1, 0.15) is 28.0 Å². The number of nitrogens with one attached hydrogen (secondary N) is 1. The molecule has 3 rings (SSSR count). The van der Waals surface area contributed by atoms with E-state index >= 15 is 0 Å². The maximum atomic E-state index is 11.6. The molecule has 1 aromatic carbocycles. The lowest BCUT2D eigenvalue weighted by Crippen LogP contribution is -2.05. The molecule has 0 fully saturated rings. The van der Waals surface area contributed by atoms with Crippen LogP contribution in [0.5, 0.6) is 0 Å². The summed E-state index contributed by atoms with van der Waals surface area (Å²) in [6, 6.07) is 8.15. The molecule has 0 unspecified atom stereocenters. The van der Waals surface area contributed by atoms with Crippen LogP contribution in [0.3, 0.4) is 0 Å². The zero-order chi connectivity index (χ0) is 13.9. The van der Waals surface area contributed by atoms with Gasteiger partial charge in [0.15, 0.2) is 5.69 Å². The summed E-state index contributed by atoms with van der Waals surface area (Å²) in [5.74, 6) is -0.353. The summed E-state index contributed by atoms with van der Waals surface area (Å²) in [7, 11) is 0. The lowest BCUT2D eigenvalue weighted by Gasteiger charge is -1.97. The molecule has 2 aromatic heterocycles. The third-order valence-corrected chi connectivity index (χ3v) is 3.90. The summed E-state index contributed by atoms with van der Waals surface area (Å²) in [5, 5.41) is 3.86. The van der Waals surface area contributed by atoms with Crippen molar-refractivity contribution in [2.24, 2.45) is 0 Å². The standard InChI is InChI=1S/C15H14N2O2S/c1-2-19-15(18)13-9-20-14(17-13)7-10-8-16-12-6-4-3-5-11(10)12/h3-6,8-9,16H,2,7H2,1H3. The molecule has 5 heteroatoms. The molecule has 0 atom stereocenters. The van der Waals surface area contributed by atoms with Crippen LogP contribution in [-0.4, -0.2) is 22.5 Å². The number of para-hydroxylation sites is 1. The van der Waals surface area contributed by atoms with Crippen LogP contribution >= 0.6 is 11.3 Å². The van der Waals surface area contributed by atoms with Crippen LogP contribution in [0.2, 0.25) is 0 Å². The summed E-state index contributed by atoms with van der Waals surface area (Å²) in [6.45, 7) is 2.16. The van der Waals surface area contributed by atoms with Crippen molar-refractivity contribution in [1.29, 1.82) is 0 Å². The van der Waals surface area contributed by atoms with Gasteiger partial charge in [-0.15, -0.1) is 11.3 Å². The number of aromatic amines is 1. The van der Waals surface area contributed by atoms with Crippen molar-refractivity contribution in [1.82, 2.24) is 9.97 Å². The number of esters is 1. The van der Waals surface area contributed by atoms with Gasteiger partial charge in [0.1, 0.15) is 0 Å². The molecule has 1 N–H and O–H groups in total. The fourth-order valence-corrected chi connectivity index (χ4v) is 2.92. The molecule has 0 spiro atoms. The second kappa shape index (κ2) is 5.46. The average molecular weight is 286 g/mol. The molecule has 0 saturated carbocycles. The van der Waals surface area contributed by atoms with Crippen LogP contribution in [0.4, 0.5) is 0 Å². The number of rotatable bonds is 4. The zero-order valence-corrected chi connectivity index (χ0v) is 11.9. The minimum absolute atomic E-state index is 0.353. The first kappa shape index (κ1) is 12.9. The van der Waals surface area contributed by atoms with Gasteiger partial charge in [0.05, 0.1) is 11.6 Å². The van der Waals surface area contributed by atoms with Crippen LogP contribution < -0.4 is 0 Å². The predicted octanol–water partition coefficient (Wildman–Crippen LogP) is 3.39. The first-order valence-electron chi connectivity index (χ1n) is 6.44. The van der Waals surface area contributed by atoms with E-state index in [9.17, 15) is 4.79 Å². The van der Waals surface area contributed by atoms with E-state index < -0.39 is 0 Å². The maximum Gasteiger partial charge on any atom is 0.357 e. The van der Waals surface area contributed by atoms with Crippen molar-refractivity contribution in [3.05, 3.63) is 52.1 Å². The van der Waals surface area contributed by atoms with Gasteiger partial charge in [0, 0.05) is 28.9 Å². The van der Waals surface area contributed by atoms with E-state index in [0.717, 1.165) is 10.5 Å². The molecular formula is C15H14N2O2S. The van der Waals surface area contributed by atoms with Crippen molar-refractivity contribution in [3.8, 4) is 0 Å². The highest BCUT2D eigenvalue weighted by atomic mass is 32.1. The molecule has 3 aromatic rings. The van der Waals surface area contributed by atoms with E-state index in [1.807, 2.05) is 24.4 Å². The largest absolute Gasteiger partial charge is 0.461 e. The van der Waals surface area contributed by atoms with E-state index in [-0.39, 0.29) is 5.97 Å². The maximum absolute atomic E-state index is 11.6. The van der Waals surface area contributed by atoms with Gasteiger partial charge in [-0.3, -0.25) is 0 Å². The zero-order valence-electron chi connectivity index (χ0n) is 11.1. The van der Waals surface area contributed by atoms with E-state index in [4.69, 9.17) is 4.74 Å². The second-order valence-electron chi connectivity index (χ2n) is 4.38. The molecule has 0 bridgehead atoms. The molecule has 0 amide bonds. The Labute approximate surface area is 120 Å². The molecule has 2 heterocycles.